The van der Waals surface area contributed by atoms with Crippen molar-refractivity contribution in [2.45, 2.75) is 13.5 Å². The Balaban J connectivity index is 0.00000312. The summed E-state index contributed by atoms with van der Waals surface area (Å²) in [6, 6.07) is 6.59. The summed E-state index contributed by atoms with van der Waals surface area (Å²) in [5.74, 6) is 1.17. The first-order chi connectivity index (χ1) is 11.6. The summed E-state index contributed by atoms with van der Waals surface area (Å²) in [7, 11) is 3.78. The normalized spacial score (nSPS) is 16.9. The molecule has 1 atom stereocenters. The highest BCUT2D eigenvalue weighted by Crippen LogP contribution is 2.06. The molecule has 7 heteroatoms. The van der Waals surface area contributed by atoms with Crippen molar-refractivity contribution in [3.05, 3.63) is 35.6 Å². The van der Waals surface area contributed by atoms with Gasteiger partial charge in [-0.05, 0) is 23.6 Å². The van der Waals surface area contributed by atoms with Crippen LogP contribution in [0.1, 0.15) is 12.5 Å². The van der Waals surface area contributed by atoms with Crippen LogP contribution in [0.4, 0.5) is 4.39 Å². The van der Waals surface area contributed by atoms with E-state index in [-0.39, 0.29) is 29.8 Å². The first-order valence-corrected chi connectivity index (χ1v) is 8.55. The molecule has 1 saturated heterocycles. The number of hydrogen-bond donors (Lipinski definition) is 1. The monoisotopic (exact) mass is 464 g/mol. The van der Waals surface area contributed by atoms with Gasteiger partial charge in [-0.3, -0.25) is 9.89 Å². The SMILES string of the molecule is CN=C(NCC(C)CN1CCOCC1)N(C)Cc1ccc(F)cc1.I. The van der Waals surface area contributed by atoms with Gasteiger partial charge in [0, 0.05) is 46.8 Å². The van der Waals surface area contributed by atoms with Crippen LogP contribution in [0, 0.1) is 11.7 Å². The van der Waals surface area contributed by atoms with Gasteiger partial charge in [0.15, 0.2) is 5.96 Å². The van der Waals surface area contributed by atoms with Crippen molar-refractivity contribution in [3.8, 4) is 0 Å². The molecular formula is C18H30FIN4O. The van der Waals surface area contributed by atoms with Crippen molar-refractivity contribution in [2.24, 2.45) is 10.9 Å². The molecule has 0 aromatic heterocycles. The fourth-order valence-electron chi connectivity index (χ4n) is 2.88. The van der Waals surface area contributed by atoms with Crippen LogP contribution in [-0.2, 0) is 11.3 Å². The number of hydrogen-bond acceptors (Lipinski definition) is 3. The lowest BCUT2D eigenvalue weighted by molar-refractivity contribution is 0.0320. The maximum Gasteiger partial charge on any atom is 0.193 e. The molecule has 2 rings (SSSR count). The third-order valence-electron chi connectivity index (χ3n) is 4.19. The molecule has 0 radical (unpaired) electrons. The van der Waals surface area contributed by atoms with Crippen molar-refractivity contribution in [1.29, 1.82) is 0 Å². The number of rotatable bonds is 6. The Labute approximate surface area is 167 Å². The van der Waals surface area contributed by atoms with Gasteiger partial charge in [0.2, 0.25) is 0 Å². The number of halogens is 2. The molecule has 25 heavy (non-hydrogen) atoms. The van der Waals surface area contributed by atoms with Crippen molar-refractivity contribution in [3.63, 3.8) is 0 Å². The lowest BCUT2D eigenvalue weighted by atomic mass is 10.1. The van der Waals surface area contributed by atoms with E-state index in [0.29, 0.717) is 12.5 Å². The Morgan fingerprint density at radius 3 is 2.56 bits per heavy atom. The number of nitrogens with one attached hydrogen (secondary N) is 1. The molecular weight excluding hydrogens is 434 g/mol. The van der Waals surface area contributed by atoms with E-state index < -0.39 is 0 Å². The summed E-state index contributed by atoms with van der Waals surface area (Å²) in [5.41, 5.74) is 1.06. The predicted octanol–water partition coefficient (Wildman–Crippen LogP) is 2.42. The topological polar surface area (TPSA) is 40.1 Å². The van der Waals surface area contributed by atoms with Gasteiger partial charge in [0.05, 0.1) is 13.2 Å². The number of morpholine rings is 1. The summed E-state index contributed by atoms with van der Waals surface area (Å²) < 4.78 is 18.4. The highest BCUT2D eigenvalue weighted by atomic mass is 127. The van der Waals surface area contributed by atoms with E-state index in [0.717, 1.165) is 50.9 Å². The Morgan fingerprint density at radius 2 is 1.96 bits per heavy atom. The van der Waals surface area contributed by atoms with E-state index in [2.05, 4.69) is 27.0 Å². The molecule has 5 nitrogen and oxygen atoms in total. The zero-order valence-corrected chi connectivity index (χ0v) is 17.7. The summed E-state index contributed by atoms with van der Waals surface area (Å²) in [5, 5.41) is 3.43. The van der Waals surface area contributed by atoms with Crippen molar-refractivity contribution in [1.82, 2.24) is 15.1 Å². The molecule has 1 unspecified atom stereocenters. The Kier molecular flexibility index (Phi) is 10.3. The Hall–Kier alpha value is -0.930. The summed E-state index contributed by atoms with van der Waals surface area (Å²) >= 11 is 0. The third kappa shape index (κ3) is 7.87. The molecule has 1 aromatic rings. The molecule has 0 amide bonds. The van der Waals surface area contributed by atoms with Gasteiger partial charge in [-0.2, -0.15) is 0 Å². The molecule has 0 aliphatic carbocycles. The van der Waals surface area contributed by atoms with Crippen LogP contribution in [0.15, 0.2) is 29.3 Å². The second kappa shape index (κ2) is 11.6. The third-order valence-corrected chi connectivity index (χ3v) is 4.19. The molecule has 0 spiro atoms. The Bertz CT molecular complexity index is 520. The zero-order valence-electron chi connectivity index (χ0n) is 15.4. The standard InChI is InChI=1S/C18H29FN4O.HI/c1-15(13-23-8-10-24-11-9-23)12-21-18(20-2)22(3)14-16-4-6-17(19)7-5-16;/h4-7,15H,8-14H2,1-3H3,(H,20,21);1H. The van der Waals surface area contributed by atoms with Gasteiger partial charge in [0.1, 0.15) is 5.82 Å². The fraction of sp³-hybridized carbons (Fsp3) is 0.611. The van der Waals surface area contributed by atoms with Crippen LogP contribution in [0.5, 0.6) is 0 Å². The summed E-state index contributed by atoms with van der Waals surface area (Å²) in [6.07, 6.45) is 0. The quantitative estimate of drug-likeness (QED) is 0.399. The molecule has 1 aliphatic heterocycles. The summed E-state index contributed by atoms with van der Waals surface area (Å²) in [4.78, 5) is 8.84. The van der Waals surface area contributed by atoms with Crippen molar-refractivity contribution < 1.29 is 9.13 Å². The van der Waals surface area contributed by atoms with E-state index in [9.17, 15) is 4.39 Å². The van der Waals surface area contributed by atoms with Gasteiger partial charge < -0.3 is 15.0 Å². The van der Waals surface area contributed by atoms with Gasteiger partial charge in [0.25, 0.3) is 0 Å². The van der Waals surface area contributed by atoms with Gasteiger partial charge in [-0.25, -0.2) is 4.39 Å². The van der Waals surface area contributed by atoms with E-state index in [4.69, 9.17) is 4.74 Å². The molecule has 0 bridgehead atoms. The summed E-state index contributed by atoms with van der Waals surface area (Å²) in [6.45, 7) is 8.58. The average molecular weight is 464 g/mol. The van der Waals surface area contributed by atoms with Crippen molar-refractivity contribution in [2.75, 3.05) is 53.5 Å². The van der Waals surface area contributed by atoms with Gasteiger partial charge in [-0.15, -0.1) is 24.0 Å². The highest BCUT2D eigenvalue weighted by molar-refractivity contribution is 14.0. The molecule has 1 fully saturated rings. The molecule has 142 valence electrons. The predicted molar refractivity (Wildman–Crippen MR) is 111 cm³/mol. The van der Waals surface area contributed by atoms with Gasteiger partial charge >= 0.3 is 0 Å². The first-order valence-electron chi connectivity index (χ1n) is 8.55. The second-order valence-electron chi connectivity index (χ2n) is 6.43. The van der Waals surface area contributed by atoms with Crippen LogP contribution >= 0.6 is 24.0 Å². The largest absolute Gasteiger partial charge is 0.379 e. The number of aliphatic imine (C=N–C) groups is 1. The minimum Gasteiger partial charge on any atom is -0.379 e. The van der Waals surface area contributed by atoms with Crippen LogP contribution in [0.3, 0.4) is 0 Å². The molecule has 1 N–H and O–H groups in total. The Morgan fingerprint density at radius 1 is 1.32 bits per heavy atom. The molecule has 1 aliphatic rings. The lowest BCUT2D eigenvalue weighted by Gasteiger charge is -2.30. The maximum absolute atomic E-state index is 13.0. The molecule has 1 aromatic carbocycles. The minimum absolute atomic E-state index is 0. The van der Waals surface area contributed by atoms with E-state index >= 15 is 0 Å². The molecule has 1 heterocycles. The van der Waals surface area contributed by atoms with Crippen LogP contribution < -0.4 is 5.32 Å². The highest BCUT2D eigenvalue weighted by Gasteiger charge is 2.14. The lowest BCUT2D eigenvalue weighted by Crippen LogP contribution is -2.44. The van der Waals surface area contributed by atoms with Crippen LogP contribution in [-0.4, -0.2) is 69.2 Å². The van der Waals surface area contributed by atoms with E-state index in [1.165, 1.54) is 12.1 Å². The molecule has 0 saturated carbocycles. The van der Waals surface area contributed by atoms with Gasteiger partial charge in [-0.1, -0.05) is 19.1 Å². The van der Waals surface area contributed by atoms with E-state index in [1.807, 2.05) is 7.05 Å². The number of ether oxygens (including phenoxy) is 1. The number of guanidine groups is 1. The minimum atomic E-state index is -0.208. The number of nitrogens with zero attached hydrogens (tertiary/aromatic N) is 3. The number of benzene rings is 1. The fourth-order valence-corrected chi connectivity index (χ4v) is 2.88. The average Bonchev–Trinajstić information content (AvgIpc) is 2.58. The van der Waals surface area contributed by atoms with Crippen LogP contribution in [0.2, 0.25) is 0 Å². The second-order valence-corrected chi connectivity index (χ2v) is 6.43. The first kappa shape index (κ1) is 22.1. The maximum atomic E-state index is 13.0. The zero-order chi connectivity index (χ0) is 17.4. The van der Waals surface area contributed by atoms with Crippen molar-refractivity contribution >= 4 is 29.9 Å². The van der Waals surface area contributed by atoms with E-state index in [1.54, 1.807) is 19.2 Å². The van der Waals surface area contributed by atoms with Crippen LogP contribution in [0.25, 0.3) is 0 Å². The smallest absolute Gasteiger partial charge is 0.193 e.